The van der Waals surface area contributed by atoms with Crippen LogP contribution >= 0.6 is 0 Å². The minimum Gasteiger partial charge on any atom is -0.458 e. The maximum atomic E-state index is 13.6. The smallest absolute Gasteiger partial charge is 0.375 e. The summed E-state index contributed by atoms with van der Waals surface area (Å²) in [4.78, 5) is 35.8. The van der Waals surface area contributed by atoms with Gasteiger partial charge in [-0.05, 0) is 17.7 Å². The lowest BCUT2D eigenvalue weighted by Gasteiger charge is -2.17. The summed E-state index contributed by atoms with van der Waals surface area (Å²) in [5.41, 5.74) is 0.476. The van der Waals surface area contributed by atoms with Crippen molar-refractivity contribution >= 4 is 17.5 Å². The number of hydrogen-bond acceptors (Lipinski definition) is 5. The number of benzene rings is 2. The summed E-state index contributed by atoms with van der Waals surface area (Å²) in [7, 11) is 0. The van der Waals surface area contributed by atoms with E-state index in [0.29, 0.717) is 5.56 Å². The lowest BCUT2D eigenvalue weighted by atomic mass is 10.1. The predicted molar refractivity (Wildman–Crippen MR) is 92.4 cm³/mol. The van der Waals surface area contributed by atoms with Crippen LogP contribution in [0.2, 0.25) is 0 Å². The fourth-order valence-electron chi connectivity index (χ4n) is 2.19. The number of Topliss-reactive ketones (excluding diaryl/α,β-unsaturated/α-hetero) is 2. The van der Waals surface area contributed by atoms with E-state index in [1.165, 1.54) is 0 Å². The highest BCUT2D eigenvalue weighted by Crippen LogP contribution is 2.23. The van der Waals surface area contributed by atoms with Gasteiger partial charge in [-0.3, -0.25) is 9.59 Å². The van der Waals surface area contributed by atoms with Crippen LogP contribution in [-0.2, 0) is 20.9 Å². The van der Waals surface area contributed by atoms with Gasteiger partial charge < -0.3 is 9.47 Å². The monoisotopic (exact) mass is 376 g/mol. The Morgan fingerprint density at radius 2 is 1.70 bits per heavy atom. The van der Waals surface area contributed by atoms with Crippen LogP contribution in [0.15, 0.2) is 48.5 Å². The molecule has 0 aromatic heterocycles. The molecule has 27 heavy (non-hydrogen) atoms. The van der Waals surface area contributed by atoms with Gasteiger partial charge in [0.15, 0.2) is 5.78 Å². The molecule has 0 aliphatic heterocycles. The fourth-order valence-corrected chi connectivity index (χ4v) is 2.19. The third-order valence-corrected chi connectivity index (χ3v) is 3.32. The summed E-state index contributed by atoms with van der Waals surface area (Å²) >= 11 is 0. The zero-order valence-electron chi connectivity index (χ0n) is 14.8. The Labute approximate surface area is 154 Å². The average molecular weight is 376 g/mol. The Balaban J connectivity index is 1.99. The normalized spacial score (nSPS) is 11.0. The van der Waals surface area contributed by atoms with E-state index < -0.39 is 35.6 Å². The van der Waals surface area contributed by atoms with Gasteiger partial charge in [0.05, 0.1) is 6.42 Å². The molecule has 0 amide bonds. The standard InChI is InChI=1S/C20H18F2O5/c1-20(2,22)27-16-9-14(8-15(21)10-16)17(23)11-18(24)19(25)26-12-13-6-4-3-5-7-13/h3-10H,11-12H2,1-2H3. The molecule has 0 saturated heterocycles. The van der Waals surface area contributed by atoms with Crippen molar-refractivity contribution in [3.8, 4) is 5.75 Å². The van der Waals surface area contributed by atoms with E-state index in [4.69, 9.17) is 9.47 Å². The number of carbonyl (C=O) groups is 3. The summed E-state index contributed by atoms with van der Waals surface area (Å²) < 4.78 is 36.9. The van der Waals surface area contributed by atoms with Gasteiger partial charge in [0.25, 0.3) is 0 Å². The number of alkyl halides is 1. The molecule has 0 aliphatic rings. The van der Waals surface area contributed by atoms with Gasteiger partial charge in [0.2, 0.25) is 11.6 Å². The first-order valence-electron chi connectivity index (χ1n) is 8.09. The van der Waals surface area contributed by atoms with Crippen LogP contribution < -0.4 is 4.74 Å². The minimum absolute atomic E-state index is 0.108. The molecule has 2 rings (SSSR count). The third kappa shape index (κ3) is 6.62. The number of carbonyl (C=O) groups excluding carboxylic acids is 3. The van der Waals surface area contributed by atoms with Crippen LogP contribution in [-0.4, -0.2) is 23.4 Å². The molecule has 5 nitrogen and oxygen atoms in total. The van der Waals surface area contributed by atoms with E-state index in [1.54, 1.807) is 30.3 Å². The third-order valence-electron chi connectivity index (χ3n) is 3.32. The molecule has 0 heterocycles. The second kappa shape index (κ2) is 8.53. The van der Waals surface area contributed by atoms with Gasteiger partial charge in [-0.25, -0.2) is 9.18 Å². The van der Waals surface area contributed by atoms with Crippen molar-refractivity contribution in [1.82, 2.24) is 0 Å². The van der Waals surface area contributed by atoms with Crippen LogP contribution in [0.3, 0.4) is 0 Å². The van der Waals surface area contributed by atoms with Crippen molar-refractivity contribution in [3.05, 3.63) is 65.5 Å². The Bertz CT molecular complexity index is 841. The SMILES string of the molecule is CC(C)(F)Oc1cc(F)cc(C(=O)CC(=O)C(=O)OCc2ccccc2)c1. The van der Waals surface area contributed by atoms with E-state index >= 15 is 0 Å². The van der Waals surface area contributed by atoms with E-state index in [0.717, 1.165) is 32.0 Å². The Kier molecular flexibility index (Phi) is 6.39. The first kappa shape index (κ1) is 20.2. The first-order valence-corrected chi connectivity index (χ1v) is 8.09. The molecule has 0 fully saturated rings. The molecule has 0 aliphatic carbocycles. The van der Waals surface area contributed by atoms with Crippen molar-refractivity contribution in [2.24, 2.45) is 0 Å². The molecule has 0 radical (unpaired) electrons. The van der Waals surface area contributed by atoms with Crippen LogP contribution in [0.25, 0.3) is 0 Å². The number of halogens is 2. The fraction of sp³-hybridized carbons (Fsp3) is 0.250. The Morgan fingerprint density at radius 3 is 2.33 bits per heavy atom. The molecular formula is C20H18F2O5. The topological polar surface area (TPSA) is 69.7 Å². The molecule has 0 atom stereocenters. The zero-order chi connectivity index (χ0) is 20.0. The van der Waals surface area contributed by atoms with Gasteiger partial charge >= 0.3 is 5.97 Å². The van der Waals surface area contributed by atoms with E-state index in [2.05, 4.69) is 0 Å². The van der Waals surface area contributed by atoms with Crippen molar-refractivity contribution in [2.45, 2.75) is 32.7 Å². The largest absolute Gasteiger partial charge is 0.458 e. The van der Waals surface area contributed by atoms with Crippen LogP contribution in [0.4, 0.5) is 8.78 Å². The molecule has 0 unspecified atom stereocenters. The van der Waals surface area contributed by atoms with Gasteiger partial charge in [0, 0.05) is 25.5 Å². The Hall–Kier alpha value is -3.09. The second-order valence-electron chi connectivity index (χ2n) is 6.23. The van der Waals surface area contributed by atoms with Gasteiger partial charge in [0.1, 0.15) is 18.2 Å². The van der Waals surface area contributed by atoms with Crippen LogP contribution in [0, 0.1) is 5.82 Å². The molecule has 142 valence electrons. The maximum Gasteiger partial charge on any atom is 0.375 e. The van der Waals surface area contributed by atoms with E-state index in [-0.39, 0.29) is 17.9 Å². The van der Waals surface area contributed by atoms with Gasteiger partial charge in [-0.15, -0.1) is 0 Å². The molecule has 0 spiro atoms. The number of hydrogen-bond donors (Lipinski definition) is 0. The lowest BCUT2D eigenvalue weighted by Crippen LogP contribution is -2.22. The summed E-state index contributed by atoms with van der Waals surface area (Å²) in [5, 5.41) is 0. The summed E-state index contributed by atoms with van der Waals surface area (Å²) in [5.74, 6) is -6.15. The molecule has 0 saturated carbocycles. The number of esters is 1. The van der Waals surface area contributed by atoms with E-state index in [1.807, 2.05) is 0 Å². The highest BCUT2D eigenvalue weighted by molar-refractivity contribution is 6.38. The highest BCUT2D eigenvalue weighted by Gasteiger charge is 2.23. The molecular weight excluding hydrogens is 358 g/mol. The number of ether oxygens (including phenoxy) is 2. The molecule has 7 heteroatoms. The first-order chi connectivity index (χ1) is 12.6. The van der Waals surface area contributed by atoms with Crippen molar-refractivity contribution < 1.29 is 32.6 Å². The molecule has 0 bridgehead atoms. The van der Waals surface area contributed by atoms with Crippen molar-refractivity contribution in [1.29, 1.82) is 0 Å². The van der Waals surface area contributed by atoms with Gasteiger partial charge in [-0.1, -0.05) is 30.3 Å². The summed E-state index contributed by atoms with van der Waals surface area (Å²) in [6, 6.07) is 11.6. The molecule has 0 N–H and O–H groups in total. The van der Waals surface area contributed by atoms with Crippen LogP contribution in [0.1, 0.15) is 36.2 Å². The highest BCUT2D eigenvalue weighted by atomic mass is 19.2. The predicted octanol–water partition coefficient (Wildman–Crippen LogP) is 3.80. The molecule has 2 aromatic rings. The average Bonchev–Trinajstić information content (AvgIpc) is 2.58. The lowest BCUT2D eigenvalue weighted by molar-refractivity contribution is -0.154. The molecule has 2 aromatic carbocycles. The quantitative estimate of drug-likeness (QED) is 0.303. The number of rotatable bonds is 8. The van der Waals surface area contributed by atoms with Crippen molar-refractivity contribution in [2.75, 3.05) is 0 Å². The maximum absolute atomic E-state index is 13.6. The zero-order valence-corrected chi connectivity index (χ0v) is 14.8. The second-order valence-corrected chi connectivity index (χ2v) is 6.23. The van der Waals surface area contributed by atoms with Gasteiger partial charge in [-0.2, -0.15) is 4.39 Å². The Morgan fingerprint density at radius 1 is 1.04 bits per heavy atom. The van der Waals surface area contributed by atoms with Crippen LogP contribution in [0.5, 0.6) is 5.75 Å². The summed E-state index contributed by atoms with van der Waals surface area (Å²) in [6.45, 7) is 2.13. The minimum atomic E-state index is -2.08. The van der Waals surface area contributed by atoms with Crippen molar-refractivity contribution in [3.63, 3.8) is 0 Å². The number of ketones is 2. The van der Waals surface area contributed by atoms with E-state index in [9.17, 15) is 23.2 Å². The summed E-state index contributed by atoms with van der Waals surface area (Å²) in [6.07, 6.45) is -0.796.